The molecular weight excluding hydrogens is 200 g/mol. The molecule has 0 bridgehead atoms. The Morgan fingerprint density at radius 3 is 2.00 bits per heavy atom. The van der Waals surface area contributed by atoms with E-state index in [0.29, 0.717) is 5.57 Å². The van der Waals surface area contributed by atoms with Crippen molar-refractivity contribution < 1.29 is 4.79 Å². The highest BCUT2D eigenvalue weighted by Gasteiger charge is 2.00. The summed E-state index contributed by atoms with van der Waals surface area (Å²) in [4.78, 5) is 13.1. The second kappa shape index (κ2) is 7.65. The molecule has 0 unspecified atom stereocenters. The maximum atomic E-state index is 11.1. The van der Waals surface area contributed by atoms with E-state index in [-0.39, 0.29) is 5.91 Å². The molecule has 0 saturated heterocycles. The molecule has 3 heteroatoms. The topological polar surface area (TPSA) is 32.3 Å². The first-order valence-corrected chi connectivity index (χ1v) is 5.06. The Morgan fingerprint density at radius 1 is 1.19 bits per heavy atom. The number of amides is 1. The smallest absolute Gasteiger partial charge is 0.250 e. The van der Waals surface area contributed by atoms with Gasteiger partial charge in [-0.05, 0) is 40.2 Å². The minimum atomic E-state index is -0.138. The average molecular weight is 220 g/mol. The predicted octanol–water partition coefficient (Wildman–Crippen LogP) is 2.38. The monoisotopic (exact) mass is 220 g/mol. The molecule has 0 aliphatic rings. The van der Waals surface area contributed by atoms with Crippen molar-refractivity contribution >= 4 is 11.6 Å². The zero-order valence-corrected chi connectivity index (χ0v) is 10.4. The molecule has 3 nitrogen and oxygen atoms in total. The minimum Gasteiger partial charge on any atom is -0.322 e. The number of hydrogen-bond donors (Lipinski definition) is 1. The van der Waals surface area contributed by atoms with Crippen LogP contribution in [0.25, 0.3) is 0 Å². The third-order valence-electron chi connectivity index (χ3n) is 1.42. The number of nitrogens with zero attached hydrogens (tertiary/aromatic N) is 1. The van der Waals surface area contributed by atoms with Crippen LogP contribution in [0.15, 0.2) is 42.5 Å². The summed E-state index contributed by atoms with van der Waals surface area (Å²) in [6.45, 7) is 5.22. The molecule has 0 aromatic heterocycles. The number of anilines is 1. The lowest BCUT2D eigenvalue weighted by atomic mass is 10.3. The van der Waals surface area contributed by atoms with Crippen LogP contribution >= 0.6 is 0 Å². The first kappa shape index (κ1) is 14.4. The van der Waals surface area contributed by atoms with E-state index in [9.17, 15) is 4.79 Å². The Labute approximate surface area is 97.8 Å². The van der Waals surface area contributed by atoms with Crippen LogP contribution in [0.1, 0.15) is 6.92 Å². The van der Waals surface area contributed by atoms with Gasteiger partial charge in [0.25, 0.3) is 5.91 Å². The summed E-state index contributed by atoms with van der Waals surface area (Å²) >= 11 is 0. The van der Waals surface area contributed by atoms with E-state index in [1.807, 2.05) is 56.4 Å². The summed E-state index contributed by atoms with van der Waals surface area (Å²) in [5.74, 6) is -0.138. The summed E-state index contributed by atoms with van der Waals surface area (Å²) in [6, 6.07) is 9.31. The van der Waals surface area contributed by atoms with Gasteiger partial charge in [-0.2, -0.15) is 0 Å². The van der Waals surface area contributed by atoms with E-state index in [0.717, 1.165) is 5.69 Å². The van der Waals surface area contributed by atoms with Crippen molar-refractivity contribution in [3.05, 3.63) is 42.5 Å². The van der Waals surface area contributed by atoms with E-state index in [4.69, 9.17) is 0 Å². The highest BCUT2D eigenvalue weighted by Crippen LogP contribution is 2.05. The van der Waals surface area contributed by atoms with Gasteiger partial charge in [0.2, 0.25) is 0 Å². The van der Waals surface area contributed by atoms with Gasteiger partial charge in [0.1, 0.15) is 0 Å². The molecule has 0 heterocycles. The van der Waals surface area contributed by atoms with E-state index in [1.165, 1.54) is 0 Å². The minimum absolute atomic E-state index is 0.138. The van der Waals surface area contributed by atoms with Gasteiger partial charge < -0.3 is 10.2 Å². The van der Waals surface area contributed by atoms with Crippen molar-refractivity contribution in [3.63, 3.8) is 0 Å². The number of nitrogens with one attached hydrogen (secondary N) is 1. The van der Waals surface area contributed by atoms with E-state index in [1.54, 1.807) is 6.92 Å². The van der Waals surface area contributed by atoms with Crippen molar-refractivity contribution in [3.8, 4) is 0 Å². The molecular formula is C13H20N2O. The van der Waals surface area contributed by atoms with Crippen LogP contribution in [0.2, 0.25) is 0 Å². The van der Waals surface area contributed by atoms with Crippen molar-refractivity contribution in [2.45, 2.75) is 6.92 Å². The fraction of sp³-hybridized carbons (Fsp3) is 0.308. The van der Waals surface area contributed by atoms with Crippen molar-refractivity contribution in [1.82, 2.24) is 4.90 Å². The van der Waals surface area contributed by atoms with Gasteiger partial charge in [0, 0.05) is 11.3 Å². The van der Waals surface area contributed by atoms with Crippen LogP contribution in [0.3, 0.4) is 0 Å². The Balaban J connectivity index is 0.000000487. The second-order valence-electron chi connectivity index (χ2n) is 3.94. The number of hydrogen-bond acceptors (Lipinski definition) is 2. The first-order chi connectivity index (χ1) is 7.43. The summed E-state index contributed by atoms with van der Waals surface area (Å²) in [7, 11) is 6.00. The maximum Gasteiger partial charge on any atom is 0.250 e. The molecule has 16 heavy (non-hydrogen) atoms. The summed E-state index contributed by atoms with van der Waals surface area (Å²) in [5, 5.41) is 2.70. The number of carbonyl (C=O) groups is 1. The summed E-state index contributed by atoms with van der Waals surface area (Å²) < 4.78 is 0. The SMILES string of the molecule is C=C(C)C(=O)Nc1ccccc1.CN(C)C. The molecule has 1 aromatic carbocycles. The fourth-order valence-electron chi connectivity index (χ4n) is 0.759. The van der Waals surface area contributed by atoms with Crippen LogP contribution in [0.5, 0.6) is 0 Å². The summed E-state index contributed by atoms with van der Waals surface area (Å²) in [5.41, 5.74) is 1.31. The largest absolute Gasteiger partial charge is 0.322 e. The zero-order chi connectivity index (χ0) is 12.6. The van der Waals surface area contributed by atoms with E-state index < -0.39 is 0 Å². The molecule has 0 aliphatic heterocycles. The van der Waals surface area contributed by atoms with E-state index >= 15 is 0 Å². The standard InChI is InChI=1S/C10H11NO.C3H9N/c1-8(2)10(12)11-9-6-4-3-5-7-9;1-4(2)3/h3-7H,1H2,2H3,(H,11,12);1-3H3. The lowest BCUT2D eigenvalue weighted by Gasteiger charge is -2.02. The normalized spacial score (nSPS) is 9.06. The highest BCUT2D eigenvalue weighted by atomic mass is 16.1. The molecule has 1 N–H and O–H groups in total. The molecule has 0 aliphatic carbocycles. The Kier molecular flexibility index (Phi) is 6.88. The number of benzene rings is 1. The molecule has 0 spiro atoms. The van der Waals surface area contributed by atoms with Gasteiger partial charge in [0.05, 0.1) is 0 Å². The average Bonchev–Trinajstić information content (AvgIpc) is 2.18. The third kappa shape index (κ3) is 7.76. The zero-order valence-electron chi connectivity index (χ0n) is 10.4. The van der Waals surface area contributed by atoms with Crippen molar-refractivity contribution in [2.75, 3.05) is 26.5 Å². The van der Waals surface area contributed by atoms with Gasteiger partial charge in [-0.15, -0.1) is 0 Å². The van der Waals surface area contributed by atoms with Crippen molar-refractivity contribution in [1.29, 1.82) is 0 Å². The molecule has 0 fully saturated rings. The van der Waals surface area contributed by atoms with Gasteiger partial charge in [-0.3, -0.25) is 4.79 Å². The molecule has 0 radical (unpaired) electrons. The van der Waals surface area contributed by atoms with Gasteiger partial charge >= 0.3 is 0 Å². The van der Waals surface area contributed by atoms with Crippen LogP contribution in [0.4, 0.5) is 5.69 Å². The molecule has 0 atom stereocenters. The Hall–Kier alpha value is -1.61. The maximum absolute atomic E-state index is 11.1. The number of rotatable bonds is 2. The van der Waals surface area contributed by atoms with Crippen molar-refractivity contribution in [2.24, 2.45) is 0 Å². The fourth-order valence-corrected chi connectivity index (χ4v) is 0.759. The van der Waals surface area contributed by atoms with Gasteiger partial charge in [-0.1, -0.05) is 24.8 Å². The lowest BCUT2D eigenvalue weighted by Crippen LogP contribution is -2.11. The van der Waals surface area contributed by atoms with Crippen LogP contribution in [-0.4, -0.2) is 32.0 Å². The Bertz CT molecular complexity index is 328. The molecule has 1 aromatic rings. The number of para-hydroxylation sites is 1. The number of carbonyl (C=O) groups excluding carboxylic acids is 1. The molecule has 1 amide bonds. The molecule has 88 valence electrons. The lowest BCUT2D eigenvalue weighted by molar-refractivity contribution is -0.112. The highest BCUT2D eigenvalue weighted by molar-refractivity contribution is 6.02. The second-order valence-corrected chi connectivity index (χ2v) is 3.94. The van der Waals surface area contributed by atoms with Crippen LogP contribution in [0, 0.1) is 0 Å². The molecule has 0 saturated carbocycles. The van der Waals surface area contributed by atoms with Crippen LogP contribution in [-0.2, 0) is 4.79 Å². The van der Waals surface area contributed by atoms with Crippen LogP contribution < -0.4 is 5.32 Å². The van der Waals surface area contributed by atoms with Gasteiger partial charge in [-0.25, -0.2) is 0 Å². The van der Waals surface area contributed by atoms with E-state index in [2.05, 4.69) is 11.9 Å². The first-order valence-electron chi connectivity index (χ1n) is 5.06. The predicted molar refractivity (Wildman–Crippen MR) is 69.5 cm³/mol. The summed E-state index contributed by atoms with van der Waals surface area (Å²) in [6.07, 6.45) is 0. The molecule has 1 rings (SSSR count). The Morgan fingerprint density at radius 2 is 1.62 bits per heavy atom. The van der Waals surface area contributed by atoms with Gasteiger partial charge in [0.15, 0.2) is 0 Å². The third-order valence-corrected chi connectivity index (χ3v) is 1.42. The quantitative estimate of drug-likeness (QED) is 0.776.